The molecule has 4 rings (SSSR count). The lowest BCUT2D eigenvalue weighted by molar-refractivity contribution is 0.461. The minimum absolute atomic E-state index is 0.302. The van der Waals surface area contributed by atoms with Crippen LogP contribution in [-0.4, -0.2) is 15.0 Å². The van der Waals surface area contributed by atoms with Crippen LogP contribution >= 0.6 is 0 Å². The molecular formula is C19H12N4O. The van der Waals surface area contributed by atoms with E-state index < -0.39 is 0 Å². The number of H-pyrrole nitrogens is 1. The number of pyridine rings is 1. The molecule has 0 saturated carbocycles. The number of fused-ring (bicyclic) bond motifs is 1. The molecule has 2 aromatic heterocycles. The van der Waals surface area contributed by atoms with E-state index in [2.05, 4.69) is 21.0 Å². The number of rotatable bonds is 3. The van der Waals surface area contributed by atoms with Gasteiger partial charge in [0.2, 0.25) is 5.88 Å². The summed E-state index contributed by atoms with van der Waals surface area (Å²) >= 11 is 0. The Morgan fingerprint density at radius 1 is 0.958 bits per heavy atom. The first kappa shape index (κ1) is 14.0. The van der Waals surface area contributed by atoms with Gasteiger partial charge in [0, 0.05) is 11.8 Å². The van der Waals surface area contributed by atoms with Crippen LogP contribution in [0.3, 0.4) is 0 Å². The maximum atomic E-state index is 9.08. The number of aromatic nitrogens is 3. The SMILES string of the molecule is N#Cc1cccnc1Oc1ccc(-c2nc3ccccc3[nH]2)cc1. The zero-order valence-corrected chi connectivity index (χ0v) is 12.6. The van der Waals surface area contributed by atoms with E-state index in [9.17, 15) is 0 Å². The maximum absolute atomic E-state index is 9.08. The Morgan fingerprint density at radius 3 is 2.58 bits per heavy atom. The molecule has 0 aliphatic rings. The maximum Gasteiger partial charge on any atom is 0.237 e. The van der Waals surface area contributed by atoms with Crippen LogP contribution in [0, 0.1) is 11.3 Å². The van der Waals surface area contributed by atoms with E-state index in [1.54, 1.807) is 18.3 Å². The third kappa shape index (κ3) is 2.57. The standard InChI is InChI=1S/C19H12N4O/c20-12-14-4-3-11-21-19(14)24-15-9-7-13(8-10-15)18-22-16-5-1-2-6-17(16)23-18/h1-11H,(H,22,23). The van der Waals surface area contributed by atoms with Crippen molar-refractivity contribution in [1.29, 1.82) is 5.26 Å². The van der Waals surface area contributed by atoms with Crippen molar-refractivity contribution in [2.75, 3.05) is 0 Å². The zero-order chi connectivity index (χ0) is 16.4. The third-order valence-electron chi connectivity index (χ3n) is 3.62. The number of hydrogen-bond acceptors (Lipinski definition) is 4. The summed E-state index contributed by atoms with van der Waals surface area (Å²) in [7, 11) is 0. The number of nitrogens with zero attached hydrogens (tertiary/aromatic N) is 3. The normalized spacial score (nSPS) is 10.5. The van der Waals surface area contributed by atoms with Gasteiger partial charge in [0.05, 0.1) is 11.0 Å². The minimum atomic E-state index is 0.302. The van der Waals surface area contributed by atoms with Gasteiger partial charge in [-0.05, 0) is 48.5 Å². The number of imidazole rings is 1. The Balaban J connectivity index is 1.62. The van der Waals surface area contributed by atoms with E-state index in [4.69, 9.17) is 10.00 Å². The average Bonchev–Trinajstić information content (AvgIpc) is 3.07. The average molecular weight is 312 g/mol. The van der Waals surface area contributed by atoms with Crippen LogP contribution < -0.4 is 4.74 Å². The number of ether oxygens (including phenoxy) is 1. The Hall–Kier alpha value is -3.65. The number of para-hydroxylation sites is 2. The topological polar surface area (TPSA) is 74.6 Å². The van der Waals surface area contributed by atoms with Crippen LogP contribution in [0.1, 0.15) is 5.56 Å². The molecule has 2 heterocycles. The fourth-order valence-electron chi connectivity index (χ4n) is 2.44. The molecule has 0 unspecified atom stereocenters. The lowest BCUT2D eigenvalue weighted by Gasteiger charge is -2.06. The molecule has 0 bridgehead atoms. The van der Waals surface area contributed by atoms with Gasteiger partial charge >= 0.3 is 0 Å². The van der Waals surface area contributed by atoms with E-state index in [1.165, 1.54) is 0 Å². The second-order valence-electron chi connectivity index (χ2n) is 5.20. The van der Waals surface area contributed by atoms with Gasteiger partial charge in [-0.3, -0.25) is 0 Å². The van der Waals surface area contributed by atoms with Gasteiger partial charge in [-0.1, -0.05) is 12.1 Å². The zero-order valence-electron chi connectivity index (χ0n) is 12.6. The van der Waals surface area contributed by atoms with E-state index >= 15 is 0 Å². The fraction of sp³-hybridized carbons (Fsp3) is 0. The Morgan fingerprint density at radius 2 is 1.79 bits per heavy atom. The highest BCUT2D eigenvalue weighted by Gasteiger charge is 2.07. The molecule has 0 aliphatic heterocycles. The Bertz CT molecular complexity index is 1010. The highest BCUT2D eigenvalue weighted by molar-refractivity contribution is 5.79. The third-order valence-corrected chi connectivity index (χ3v) is 3.62. The summed E-state index contributed by atoms with van der Waals surface area (Å²) in [5.41, 5.74) is 3.29. The van der Waals surface area contributed by atoms with Crippen molar-refractivity contribution in [3.63, 3.8) is 0 Å². The van der Waals surface area contributed by atoms with Gasteiger partial charge in [0.1, 0.15) is 23.2 Å². The van der Waals surface area contributed by atoms with Crippen LogP contribution in [0.25, 0.3) is 22.4 Å². The van der Waals surface area contributed by atoms with Crippen molar-refractivity contribution < 1.29 is 4.74 Å². The predicted molar refractivity (Wildman–Crippen MR) is 90.6 cm³/mol. The summed E-state index contributed by atoms with van der Waals surface area (Å²) in [4.78, 5) is 12.0. The molecule has 0 saturated heterocycles. The first-order valence-corrected chi connectivity index (χ1v) is 7.41. The Labute approximate surface area is 138 Å². The highest BCUT2D eigenvalue weighted by Crippen LogP contribution is 2.26. The summed E-state index contributed by atoms with van der Waals surface area (Å²) in [6.45, 7) is 0. The van der Waals surface area contributed by atoms with Crippen molar-refractivity contribution in [3.05, 3.63) is 72.4 Å². The van der Waals surface area contributed by atoms with E-state index in [0.29, 0.717) is 17.2 Å². The second kappa shape index (κ2) is 5.86. The molecule has 0 atom stereocenters. The molecule has 114 valence electrons. The van der Waals surface area contributed by atoms with Crippen molar-refractivity contribution >= 4 is 11.0 Å². The lowest BCUT2D eigenvalue weighted by Crippen LogP contribution is -1.91. The van der Waals surface area contributed by atoms with Crippen molar-refractivity contribution in [3.8, 4) is 29.1 Å². The van der Waals surface area contributed by atoms with Crippen molar-refractivity contribution in [1.82, 2.24) is 15.0 Å². The minimum Gasteiger partial charge on any atom is -0.438 e. The predicted octanol–water partition coefficient (Wildman–Crippen LogP) is 4.29. The van der Waals surface area contributed by atoms with Gasteiger partial charge in [-0.25, -0.2) is 9.97 Å². The summed E-state index contributed by atoms with van der Waals surface area (Å²) in [6.07, 6.45) is 1.60. The van der Waals surface area contributed by atoms with E-state index in [1.807, 2.05) is 48.5 Å². The molecule has 0 fully saturated rings. The highest BCUT2D eigenvalue weighted by atomic mass is 16.5. The monoisotopic (exact) mass is 312 g/mol. The second-order valence-corrected chi connectivity index (χ2v) is 5.20. The largest absolute Gasteiger partial charge is 0.438 e. The molecule has 0 amide bonds. The molecule has 5 nitrogen and oxygen atoms in total. The number of hydrogen-bond donors (Lipinski definition) is 1. The molecule has 5 heteroatoms. The van der Waals surface area contributed by atoms with Crippen LogP contribution in [-0.2, 0) is 0 Å². The van der Waals surface area contributed by atoms with Gasteiger partial charge in [-0.2, -0.15) is 5.26 Å². The molecule has 1 N–H and O–H groups in total. The quantitative estimate of drug-likeness (QED) is 0.612. The Kier molecular flexibility index (Phi) is 3.41. The first-order valence-electron chi connectivity index (χ1n) is 7.41. The van der Waals surface area contributed by atoms with Crippen LogP contribution in [0.4, 0.5) is 0 Å². The van der Waals surface area contributed by atoms with E-state index in [-0.39, 0.29) is 0 Å². The summed E-state index contributed by atoms with van der Waals surface area (Å²) in [6, 6.07) is 20.8. The number of benzene rings is 2. The van der Waals surface area contributed by atoms with Crippen molar-refractivity contribution in [2.24, 2.45) is 0 Å². The first-order chi connectivity index (χ1) is 11.8. The lowest BCUT2D eigenvalue weighted by atomic mass is 10.2. The molecule has 0 spiro atoms. The number of nitrogens with one attached hydrogen (secondary N) is 1. The molecular weight excluding hydrogens is 300 g/mol. The number of aromatic amines is 1. The van der Waals surface area contributed by atoms with Crippen LogP contribution in [0.5, 0.6) is 11.6 Å². The molecule has 0 radical (unpaired) electrons. The van der Waals surface area contributed by atoms with E-state index in [0.717, 1.165) is 22.4 Å². The molecule has 24 heavy (non-hydrogen) atoms. The summed E-state index contributed by atoms with van der Waals surface area (Å²) in [5, 5.41) is 9.08. The smallest absolute Gasteiger partial charge is 0.237 e. The van der Waals surface area contributed by atoms with Crippen molar-refractivity contribution in [2.45, 2.75) is 0 Å². The van der Waals surface area contributed by atoms with Gasteiger partial charge in [-0.15, -0.1) is 0 Å². The van der Waals surface area contributed by atoms with Crippen LogP contribution in [0.15, 0.2) is 66.9 Å². The summed E-state index contributed by atoms with van der Waals surface area (Å²) in [5.74, 6) is 1.72. The number of nitriles is 1. The van der Waals surface area contributed by atoms with Gasteiger partial charge in [0.15, 0.2) is 0 Å². The summed E-state index contributed by atoms with van der Waals surface area (Å²) < 4.78 is 5.69. The molecule has 4 aromatic rings. The molecule has 0 aliphatic carbocycles. The van der Waals surface area contributed by atoms with Gasteiger partial charge < -0.3 is 9.72 Å². The molecule has 2 aromatic carbocycles. The van der Waals surface area contributed by atoms with Crippen LogP contribution in [0.2, 0.25) is 0 Å². The van der Waals surface area contributed by atoms with Gasteiger partial charge in [0.25, 0.3) is 0 Å². The fourth-order valence-corrected chi connectivity index (χ4v) is 2.44.